The molecule has 3 heterocycles. The second-order valence-corrected chi connectivity index (χ2v) is 8.43. The van der Waals surface area contributed by atoms with E-state index in [0.29, 0.717) is 11.5 Å². The molecule has 7 nitrogen and oxygen atoms in total. The highest BCUT2D eigenvalue weighted by atomic mass is 32.2. The predicted molar refractivity (Wildman–Crippen MR) is 101 cm³/mol. The van der Waals surface area contributed by atoms with Crippen LogP contribution in [-0.4, -0.2) is 32.6 Å². The van der Waals surface area contributed by atoms with Gasteiger partial charge in [-0.1, -0.05) is 0 Å². The van der Waals surface area contributed by atoms with E-state index in [0.717, 1.165) is 36.4 Å². The van der Waals surface area contributed by atoms with Crippen LogP contribution < -0.4 is 14.2 Å². The molecule has 0 saturated carbocycles. The van der Waals surface area contributed by atoms with Crippen molar-refractivity contribution in [2.45, 2.75) is 23.3 Å². The Morgan fingerprint density at radius 2 is 2.00 bits per heavy atom. The summed E-state index contributed by atoms with van der Waals surface area (Å²) in [5, 5.41) is 3.32. The molecule has 144 valence electrons. The molecule has 2 atom stereocenters. The van der Waals surface area contributed by atoms with E-state index in [1.807, 2.05) is 0 Å². The number of oxazole rings is 1. The number of fused-ring (bicyclic) bond motifs is 3. The number of nitrogens with zero attached hydrogens (tertiary/aromatic N) is 1. The fourth-order valence-electron chi connectivity index (χ4n) is 3.77. The molecule has 3 aromatic rings. The summed E-state index contributed by atoms with van der Waals surface area (Å²) in [5.74, 6) is 1.93. The molecule has 1 aromatic heterocycles. The smallest absolute Gasteiger partial charge is 0.339 e. The van der Waals surface area contributed by atoms with Gasteiger partial charge in [0.2, 0.25) is 0 Å². The van der Waals surface area contributed by atoms with Crippen LogP contribution in [0.2, 0.25) is 0 Å². The lowest BCUT2D eigenvalue weighted by atomic mass is 9.90. The van der Waals surface area contributed by atoms with Gasteiger partial charge in [-0.05, 0) is 55.4 Å². The van der Waals surface area contributed by atoms with E-state index in [1.54, 1.807) is 36.5 Å². The number of benzene rings is 2. The number of ether oxygens (including phenoxy) is 1. The third-order valence-electron chi connectivity index (χ3n) is 5.15. The Labute approximate surface area is 162 Å². The first kappa shape index (κ1) is 17.3. The Morgan fingerprint density at radius 3 is 2.79 bits per heavy atom. The summed E-state index contributed by atoms with van der Waals surface area (Å²) in [6.07, 6.45) is 3.95. The predicted octanol–water partition coefficient (Wildman–Crippen LogP) is 2.95. The van der Waals surface area contributed by atoms with E-state index < -0.39 is 10.1 Å². The van der Waals surface area contributed by atoms with Gasteiger partial charge in [-0.2, -0.15) is 8.42 Å². The summed E-state index contributed by atoms with van der Waals surface area (Å²) in [4.78, 5) is 3.94. The zero-order chi connectivity index (χ0) is 19.1. The Hall–Kier alpha value is -2.84. The first-order valence-electron chi connectivity index (χ1n) is 9.05. The Balaban J connectivity index is 1.38. The third-order valence-corrected chi connectivity index (χ3v) is 6.41. The van der Waals surface area contributed by atoms with Crippen molar-refractivity contribution < 1.29 is 21.8 Å². The molecule has 0 radical (unpaired) electrons. The molecule has 2 aliphatic rings. The molecule has 2 aliphatic heterocycles. The maximum absolute atomic E-state index is 12.7. The first-order chi connectivity index (χ1) is 13.6. The van der Waals surface area contributed by atoms with Crippen LogP contribution in [0.3, 0.4) is 0 Å². The number of hydrogen-bond donors (Lipinski definition) is 1. The average Bonchev–Trinajstić information content (AvgIpc) is 3.36. The van der Waals surface area contributed by atoms with Crippen LogP contribution in [0.4, 0.5) is 0 Å². The number of nitrogens with one attached hydrogen (secondary N) is 1. The molecule has 0 bridgehead atoms. The fourth-order valence-corrected chi connectivity index (χ4v) is 4.69. The molecule has 1 saturated heterocycles. The molecule has 2 aromatic carbocycles. The van der Waals surface area contributed by atoms with Crippen molar-refractivity contribution in [3.63, 3.8) is 0 Å². The Bertz CT molecular complexity index is 1090. The normalized spacial score (nSPS) is 20.9. The Morgan fingerprint density at radius 1 is 1.14 bits per heavy atom. The summed E-state index contributed by atoms with van der Waals surface area (Å²) < 4.78 is 41.9. The van der Waals surface area contributed by atoms with Crippen LogP contribution >= 0.6 is 0 Å². The van der Waals surface area contributed by atoms with E-state index >= 15 is 0 Å². The van der Waals surface area contributed by atoms with E-state index in [9.17, 15) is 8.42 Å². The van der Waals surface area contributed by atoms with E-state index in [4.69, 9.17) is 13.3 Å². The molecule has 0 spiro atoms. The first-order valence-corrected chi connectivity index (χ1v) is 10.5. The maximum Gasteiger partial charge on any atom is 0.339 e. The van der Waals surface area contributed by atoms with Crippen molar-refractivity contribution in [3.8, 4) is 22.8 Å². The minimum atomic E-state index is -3.95. The summed E-state index contributed by atoms with van der Waals surface area (Å²) in [6.45, 7) is 1.72. The SMILES string of the molecule is O=S(=O)(Oc1ccc2c(c1)C1CCNCC1O2)c1ccc(-c2cnco2)cc1. The zero-order valence-corrected chi connectivity index (χ0v) is 15.7. The maximum atomic E-state index is 12.7. The lowest BCUT2D eigenvalue weighted by Gasteiger charge is -2.24. The quantitative estimate of drug-likeness (QED) is 0.676. The minimum absolute atomic E-state index is 0.0762. The van der Waals surface area contributed by atoms with Crippen LogP contribution in [0.15, 0.2) is 64.4 Å². The van der Waals surface area contributed by atoms with E-state index in [2.05, 4.69) is 10.3 Å². The monoisotopic (exact) mass is 398 g/mol. The zero-order valence-electron chi connectivity index (χ0n) is 14.9. The third kappa shape index (κ3) is 3.04. The van der Waals surface area contributed by atoms with Crippen LogP contribution in [0.5, 0.6) is 11.5 Å². The van der Waals surface area contributed by atoms with Gasteiger partial charge in [-0.15, -0.1) is 0 Å². The van der Waals surface area contributed by atoms with Crippen molar-refractivity contribution in [2.75, 3.05) is 13.1 Å². The summed E-state index contributed by atoms with van der Waals surface area (Å²) in [7, 11) is -3.95. The summed E-state index contributed by atoms with van der Waals surface area (Å²) >= 11 is 0. The molecule has 5 rings (SSSR count). The van der Waals surface area contributed by atoms with Crippen molar-refractivity contribution >= 4 is 10.1 Å². The van der Waals surface area contributed by atoms with E-state index in [1.165, 1.54) is 18.5 Å². The van der Waals surface area contributed by atoms with Gasteiger partial charge in [0.25, 0.3) is 0 Å². The highest BCUT2D eigenvalue weighted by molar-refractivity contribution is 7.87. The van der Waals surface area contributed by atoms with Crippen LogP contribution in [0.25, 0.3) is 11.3 Å². The van der Waals surface area contributed by atoms with Gasteiger partial charge in [0.05, 0.1) is 6.20 Å². The average molecular weight is 398 g/mol. The van der Waals surface area contributed by atoms with Gasteiger partial charge in [-0.25, -0.2) is 4.98 Å². The number of piperidine rings is 1. The van der Waals surface area contributed by atoms with Crippen LogP contribution in [0, 0.1) is 0 Å². The molecule has 2 unspecified atom stereocenters. The van der Waals surface area contributed by atoms with Gasteiger partial charge >= 0.3 is 10.1 Å². The number of aromatic nitrogens is 1. The van der Waals surface area contributed by atoms with Gasteiger partial charge in [0.1, 0.15) is 22.5 Å². The molecule has 8 heteroatoms. The standard InChI is InChI=1S/C20H18N2O5S/c23-28(24,15-4-1-13(2-5-15)19-10-22-12-25-19)27-14-3-6-18-17(9-14)16-7-8-21-11-20(16)26-18/h1-6,9-10,12,16,20-21H,7-8,11H2. The van der Waals surface area contributed by atoms with E-state index in [-0.39, 0.29) is 16.9 Å². The highest BCUT2D eigenvalue weighted by Crippen LogP contribution is 2.43. The minimum Gasteiger partial charge on any atom is -0.488 e. The second-order valence-electron chi connectivity index (χ2n) is 6.88. The summed E-state index contributed by atoms with van der Waals surface area (Å²) in [5.41, 5.74) is 1.75. The molecular formula is C20H18N2O5S. The molecular weight excluding hydrogens is 380 g/mol. The fraction of sp³-hybridized carbons (Fsp3) is 0.250. The van der Waals surface area contributed by atoms with Gasteiger partial charge in [0.15, 0.2) is 12.2 Å². The van der Waals surface area contributed by atoms with Gasteiger partial charge in [0, 0.05) is 23.6 Å². The number of hydrogen-bond acceptors (Lipinski definition) is 7. The molecule has 1 fully saturated rings. The molecule has 0 amide bonds. The van der Waals surface area contributed by atoms with Crippen molar-refractivity contribution in [1.29, 1.82) is 0 Å². The number of rotatable bonds is 4. The van der Waals surface area contributed by atoms with Crippen molar-refractivity contribution in [1.82, 2.24) is 10.3 Å². The van der Waals surface area contributed by atoms with Crippen molar-refractivity contribution in [3.05, 3.63) is 60.6 Å². The molecule has 1 N–H and O–H groups in total. The van der Waals surface area contributed by atoms with Gasteiger partial charge in [-0.3, -0.25) is 0 Å². The molecule has 28 heavy (non-hydrogen) atoms. The largest absolute Gasteiger partial charge is 0.488 e. The van der Waals surface area contributed by atoms with Crippen molar-refractivity contribution in [2.24, 2.45) is 0 Å². The van der Waals surface area contributed by atoms with Gasteiger partial charge < -0.3 is 18.7 Å². The highest BCUT2D eigenvalue weighted by Gasteiger charge is 2.36. The van der Waals surface area contributed by atoms with Crippen LogP contribution in [0.1, 0.15) is 17.9 Å². The topological polar surface area (TPSA) is 90.7 Å². The van der Waals surface area contributed by atoms with Crippen LogP contribution in [-0.2, 0) is 10.1 Å². The molecule has 0 aliphatic carbocycles. The lowest BCUT2D eigenvalue weighted by molar-refractivity contribution is 0.177. The second kappa shape index (κ2) is 6.65. The summed E-state index contributed by atoms with van der Waals surface area (Å²) in [6, 6.07) is 11.5. The lowest BCUT2D eigenvalue weighted by Crippen LogP contribution is -2.39. The Kier molecular flexibility index (Phi) is 4.10.